The monoisotopic (exact) mass is 267 g/mol. The van der Waals surface area contributed by atoms with Crippen LogP contribution in [0.2, 0.25) is 0 Å². The van der Waals surface area contributed by atoms with Crippen molar-refractivity contribution in [2.75, 3.05) is 40.0 Å². The molecule has 1 N–H and O–H groups in total. The molecule has 0 radical (unpaired) electrons. The highest BCUT2D eigenvalue weighted by atomic mass is 16.6. The van der Waals surface area contributed by atoms with Gasteiger partial charge in [0.25, 0.3) is 0 Å². The Balaban J connectivity index is 2.02. The summed E-state index contributed by atoms with van der Waals surface area (Å²) in [6, 6.07) is 5.66. The van der Waals surface area contributed by atoms with Crippen molar-refractivity contribution in [1.29, 1.82) is 0 Å². The number of benzene rings is 1. The number of fused-ring (bicyclic) bond motifs is 1. The zero-order chi connectivity index (χ0) is 13.7. The summed E-state index contributed by atoms with van der Waals surface area (Å²) < 4.78 is 17.2. The van der Waals surface area contributed by atoms with Gasteiger partial charge >= 0.3 is 0 Å². The number of ether oxygens (including phenoxy) is 3. The Bertz CT molecular complexity index is 410. The lowest BCUT2D eigenvalue weighted by Crippen LogP contribution is -2.40. The normalized spacial score (nSPS) is 17.6. The Kier molecular flexibility index (Phi) is 4.87. The zero-order valence-electron chi connectivity index (χ0n) is 11.5. The lowest BCUT2D eigenvalue weighted by atomic mass is 10.2. The van der Waals surface area contributed by atoms with Crippen LogP contribution in [0.15, 0.2) is 18.2 Å². The van der Waals surface area contributed by atoms with Gasteiger partial charge in [0.1, 0.15) is 12.7 Å². The molecule has 1 aliphatic rings. The molecule has 1 aromatic rings. The summed E-state index contributed by atoms with van der Waals surface area (Å²) >= 11 is 0. The Morgan fingerprint density at radius 2 is 2.32 bits per heavy atom. The Morgan fingerprint density at radius 1 is 1.47 bits per heavy atom. The van der Waals surface area contributed by atoms with Crippen molar-refractivity contribution in [3.63, 3.8) is 0 Å². The van der Waals surface area contributed by atoms with Gasteiger partial charge in [0.05, 0.1) is 13.2 Å². The van der Waals surface area contributed by atoms with Gasteiger partial charge in [0, 0.05) is 13.1 Å². The van der Waals surface area contributed by atoms with Gasteiger partial charge in [-0.05, 0) is 26.1 Å². The molecule has 0 bridgehead atoms. The largest absolute Gasteiger partial charge is 0.490 e. The van der Waals surface area contributed by atoms with Crippen LogP contribution in [0.1, 0.15) is 6.92 Å². The third-order valence-electron chi connectivity index (χ3n) is 2.95. The quantitative estimate of drug-likeness (QED) is 0.838. The maximum atomic E-state index is 8.89. The van der Waals surface area contributed by atoms with E-state index in [0.717, 1.165) is 18.0 Å². The first-order valence-electron chi connectivity index (χ1n) is 6.59. The molecule has 0 aliphatic carbocycles. The summed E-state index contributed by atoms with van der Waals surface area (Å²) in [5, 5.41) is 8.89. The van der Waals surface area contributed by atoms with Crippen molar-refractivity contribution in [3.8, 4) is 17.2 Å². The number of hydrogen-bond acceptors (Lipinski definition) is 5. The van der Waals surface area contributed by atoms with Crippen molar-refractivity contribution in [3.05, 3.63) is 18.2 Å². The maximum absolute atomic E-state index is 8.89. The second-order valence-electron chi connectivity index (χ2n) is 4.55. The molecule has 0 saturated heterocycles. The maximum Gasteiger partial charge on any atom is 0.203 e. The van der Waals surface area contributed by atoms with E-state index in [1.807, 2.05) is 37.1 Å². The third-order valence-corrected chi connectivity index (χ3v) is 2.95. The van der Waals surface area contributed by atoms with Crippen LogP contribution in [0.5, 0.6) is 17.2 Å². The molecular formula is C14H21NO4. The minimum absolute atomic E-state index is 0.0269. The van der Waals surface area contributed by atoms with E-state index in [1.165, 1.54) is 0 Å². The van der Waals surface area contributed by atoms with E-state index in [9.17, 15) is 0 Å². The van der Waals surface area contributed by atoms with Crippen molar-refractivity contribution in [1.82, 2.24) is 4.90 Å². The van der Waals surface area contributed by atoms with Crippen LogP contribution in [0.3, 0.4) is 0 Å². The molecule has 1 aromatic carbocycles. The number of rotatable bonds is 6. The SMILES string of the molecule is CCOc1cccc2c1OCC(CN(C)CCO)O2. The van der Waals surface area contributed by atoms with Gasteiger partial charge in [0.2, 0.25) is 5.75 Å². The summed E-state index contributed by atoms with van der Waals surface area (Å²) in [5.74, 6) is 2.13. The van der Waals surface area contributed by atoms with Gasteiger partial charge in [-0.2, -0.15) is 0 Å². The van der Waals surface area contributed by atoms with Crippen LogP contribution < -0.4 is 14.2 Å². The van der Waals surface area contributed by atoms with Crippen LogP contribution in [0, 0.1) is 0 Å². The average Bonchev–Trinajstić information content (AvgIpc) is 2.39. The van der Waals surface area contributed by atoms with Crippen LogP contribution in [0.4, 0.5) is 0 Å². The molecule has 5 heteroatoms. The number of para-hydroxylation sites is 1. The van der Waals surface area contributed by atoms with E-state index in [2.05, 4.69) is 0 Å². The molecular weight excluding hydrogens is 246 g/mol. The van der Waals surface area contributed by atoms with Crippen LogP contribution >= 0.6 is 0 Å². The van der Waals surface area contributed by atoms with E-state index < -0.39 is 0 Å². The number of likely N-dealkylation sites (N-methyl/N-ethyl adjacent to an activating group) is 1. The molecule has 0 fully saturated rings. The fourth-order valence-electron chi connectivity index (χ4n) is 2.09. The molecule has 2 rings (SSSR count). The minimum atomic E-state index is -0.0269. The Hall–Kier alpha value is -1.46. The summed E-state index contributed by atoms with van der Waals surface area (Å²) in [4.78, 5) is 2.02. The molecule has 5 nitrogen and oxygen atoms in total. The molecule has 0 aromatic heterocycles. The summed E-state index contributed by atoms with van der Waals surface area (Å²) in [6.45, 7) is 4.53. The van der Waals surface area contributed by atoms with Crippen molar-refractivity contribution in [2.45, 2.75) is 13.0 Å². The summed E-state index contributed by atoms with van der Waals surface area (Å²) in [5.41, 5.74) is 0. The lowest BCUT2D eigenvalue weighted by Gasteiger charge is -2.30. The molecule has 106 valence electrons. The van der Waals surface area contributed by atoms with E-state index in [1.54, 1.807) is 0 Å². The minimum Gasteiger partial charge on any atom is -0.490 e. The lowest BCUT2D eigenvalue weighted by molar-refractivity contribution is 0.0587. The Labute approximate surface area is 113 Å². The van der Waals surface area contributed by atoms with E-state index in [-0.39, 0.29) is 12.7 Å². The molecule has 1 unspecified atom stereocenters. The summed E-state index contributed by atoms with van der Waals surface area (Å²) in [6.07, 6.45) is -0.0269. The topological polar surface area (TPSA) is 51.2 Å². The highest BCUT2D eigenvalue weighted by Crippen LogP contribution is 2.40. The molecule has 0 saturated carbocycles. The van der Waals surface area contributed by atoms with Crippen molar-refractivity contribution < 1.29 is 19.3 Å². The second-order valence-corrected chi connectivity index (χ2v) is 4.55. The molecule has 1 heterocycles. The number of hydrogen-bond donors (Lipinski definition) is 1. The van der Waals surface area contributed by atoms with Crippen molar-refractivity contribution in [2.24, 2.45) is 0 Å². The predicted octanol–water partition coefficient (Wildman–Crippen LogP) is 1.15. The standard InChI is InChI=1S/C14H21NO4/c1-3-17-12-5-4-6-13-14(12)18-10-11(19-13)9-15(2)7-8-16/h4-6,11,16H,3,7-10H2,1-2H3. The first-order valence-corrected chi connectivity index (χ1v) is 6.59. The van der Waals surface area contributed by atoms with Gasteiger partial charge < -0.3 is 24.2 Å². The van der Waals surface area contributed by atoms with Gasteiger partial charge in [-0.3, -0.25) is 0 Å². The Morgan fingerprint density at radius 3 is 3.05 bits per heavy atom. The predicted molar refractivity (Wildman–Crippen MR) is 72.1 cm³/mol. The first-order chi connectivity index (χ1) is 9.24. The number of aliphatic hydroxyl groups is 1. The third kappa shape index (κ3) is 3.52. The molecule has 0 amide bonds. The summed E-state index contributed by atoms with van der Waals surface area (Å²) in [7, 11) is 1.95. The molecule has 1 atom stereocenters. The van der Waals surface area contributed by atoms with E-state index in [0.29, 0.717) is 25.5 Å². The van der Waals surface area contributed by atoms with Gasteiger partial charge in [-0.25, -0.2) is 0 Å². The molecule has 0 spiro atoms. The van der Waals surface area contributed by atoms with Gasteiger partial charge in [-0.15, -0.1) is 0 Å². The second kappa shape index (κ2) is 6.63. The van der Waals surface area contributed by atoms with Crippen LogP contribution in [-0.2, 0) is 0 Å². The highest BCUT2D eigenvalue weighted by Gasteiger charge is 2.24. The van der Waals surface area contributed by atoms with Crippen LogP contribution in [0.25, 0.3) is 0 Å². The molecule has 1 aliphatic heterocycles. The van der Waals surface area contributed by atoms with Crippen LogP contribution in [-0.4, -0.2) is 56.1 Å². The smallest absolute Gasteiger partial charge is 0.203 e. The fourth-order valence-corrected chi connectivity index (χ4v) is 2.09. The zero-order valence-corrected chi connectivity index (χ0v) is 11.5. The van der Waals surface area contributed by atoms with E-state index >= 15 is 0 Å². The number of nitrogens with zero attached hydrogens (tertiary/aromatic N) is 1. The van der Waals surface area contributed by atoms with Crippen molar-refractivity contribution >= 4 is 0 Å². The molecule has 19 heavy (non-hydrogen) atoms. The average molecular weight is 267 g/mol. The van der Waals surface area contributed by atoms with Gasteiger partial charge in [0.15, 0.2) is 11.5 Å². The highest BCUT2D eigenvalue weighted by molar-refractivity contribution is 5.52. The van der Waals surface area contributed by atoms with E-state index in [4.69, 9.17) is 19.3 Å². The number of aliphatic hydroxyl groups excluding tert-OH is 1. The van der Waals surface area contributed by atoms with Gasteiger partial charge in [-0.1, -0.05) is 6.07 Å². The fraction of sp³-hybridized carbons (Fsp3) is 0.571. The first kappa shape index (κ1) is 14.0.